The molecule has 0 bridgehead atoms. The Labute approximate surface area is 154 Å². The van der Waals surface area contributed by atoms with Gasteiger partial charge in [-0.25, -0.2) is 0 Å². The van der Waals surface area contributed by atoms with Crippen molar-refractivity contribution in [1.29, 1.82) is 0 Å². The van der Waals surface area contributed by atoms with E-state index in [1.165, 1.54) is 5.20 Å². The third-order valence-corrected chi connectivity index (χ3v) is 6.87. The van der Waals surface area contributed by atoms with Crippen LogP contribution >= 0.6 is 0 Å². The second kappa shape index (κ2) is 10.7. The van der Waals surface area contributed by atoms with Crippen LogP contribution in [0.15, 0.2) is 54.3 Å². The van der Waals surface area contributed by atoms with Crippen molar-refractivity contribution in [3.63, 3.8) is 0 Å². The van der Waals surface area contributed by atoms with Gasteiger partial charge in [0.25, 0.3) is 0 Å². The number of hydrogen-bond donors (Lipinski definition) is 1. The number of hydrogen-bond acceptors (Lipinski definition) is 3. The maximum Gasteiger partial charge on any atom is 0.147 e. The third-order valence-electron chi connectivity index (χ3n) is 4.48. The molecule has 0 unspecified atom stereocenters. The molecule has 0 heterocycles. The van der Waals surface area contributed by atoms with Crippen LogP contribution in [0.2, 0.25) is 19.6 Å². The molecule has 0 aromatic heterocycles. The minimum Gasteiger partial charge on any atom is -0.392 e. The second-order valence-electron chi connectivity index (χ2n) is 7.61. The molecule has 140 valence electrons. The lowest BCUT2D eigenvalue weighted by Gasteiger charge is -2.32. The first-order chi connectivity index (χ1) is 11.8. The van der Waals surface area contributed by atoms with Gasteiger partial charge in [-0.1, -0.05) is 81.2 Å². The zero-order valence-corrected chi connectivity index (χ0v) is 17.4. The lowest BCUT2D eigenvalue weighted by Crippen LogP contribution is -2.36. The molecule has 0 saturated carbocycles. The van der Waals surface area contributed by atoms with Gasteiger partial charge in [0.1, 0.15) is 6.79 Å². The maximum absolute atomic E-state index is 10.5. The van der Waals surface area contributed by atoms with Gasteiger partial charge in [0.2, 0.25) is 0 Å². The summed E-state index contributed by atoms with van der Waals surface area (Å²) in [6.45, 7) is 16.1. The van der Waals surface area contributed by atoms with Crippen LogP contribution in [0.25, 0.3) is 0 Å². The first kappa shape index (κ1) is 21.8. The van der Waals surface area contributed by atoms with Crippen LogP contribution in [-0.4, -0.2) is 32.7 Å². The Morgan fingerprint density at radius 2 is 1.80 bits per heavy atom. The van der Waals surface area contributed by atoms with Crippen LogP contribution in [0.3, 0.4) is 0 Å². The first-order valence-corrected chi connectivity index (χ1v) is 12.5. The average Bonchev–Trinajstić information content (AvgIpc) is 2.59. The molecule has 3 atom stereocenters. The summed E-state index contributed by atoms with van der Waals surface area (Å²) in [6.07, 6.45) is 3.54. The normalized spacial score (nSPS) is 16.3. The van der Waals surface area contributed by atoms with E-state index in [9.17, 15) is 5.11 Å². The molecule has 0 radical (unpaired) electrons. The molecule has 1 N–H and O–H groups in total. The van der Waals surface area contributed by atoms with E-state index in [1.807, 2.05) is 43.3 Å². The van der Waals surface area contributed by atoms with E-state index >= 15 is 0 Å². The molecule has 4 heteroatoms. The van der Waals surface area contributed by atoms with Gasteiger partial charge in [-0.3, -0.25) is 0 Å². The molecule has 0 aliphatic carbocycles. The van der Waals surface area contributed by atoms with Gasteiger partial charge >= 0.3 is 0 Å². The van der Waals surface area contributed by atoms with E-state index in [0.29, 0.717) is 13.2 Å². The minimum atomic E-state index is -1.55. The molecule has 0 aliphatic rings. The second-order valence-corrected chi connectivity index (χ2v) is 12.7. The largest absolute Gasteiger partial charge is 0.392 e. The Morgan fingerprint density at radius 3 is 2.36 bits per heavy atom. The molecule has 0 aliphatic heterocycles. The number of aliphatic hydroxyl groups excluding tert-OH is 1. The van der Waals surface area contributed by atoms with Crippen molar-refractivity contribution in [2.75, 3.05) is 13.4 Å². The maximum atomic E-state index is 10.5. The van der Waals surface area contributed by atoms with E-state index < -0.39 is 14.2 Å². The number of ether oxygens (including phenoxy) is 2. The molecule has 0 amide bonds. The highest BCUT2D eigenvalue weighted by Gasteiger charge is 2.30. The van der Waals surface area contributed by atoms with Crippen molar-refractivity contribution in [3.8, 4) is 0 Å². The molecule has 0 spiro atoms. The fourth-order valence-electron chi connectivity index (χ4n) is 2.94. The Kier molecular flexibility index (Phi) is 9.36. The van der Waals surface area contributed by atoms with Crippen LogP contribution in [0, 0.1) is 11.8 Å². The quantitative estimate of drug-likeness (QED) is 0.266. The summed E-state index contributed by atoms with van der Waals surface area (Å²) in [5.41, 5.74) is 1.14. The molecule has 0 fully saturated rings. The lowest BCUT2D eigenvalue weighted by atomic mass is 9.93. The van der Waals surface area contributed by atoms with Crippen molar-refractivity contribution in [3.05, 3.63) is 59.8 Å². The monoisotopic (exact) mass is 362 g/mol. The smallest absolute Gasteiger partial charge is 0.147 e. The van der Waals surface area contributed by atoms with Gasteiger partial charge in [0.15, 0.2) is 0 Å². The highest BCUT2D eigenvalue weighted by atomic mass is 28.3. The summed E-state index contributed by atoms with van der Waals surface area (Å²) in [7, 11) is -1.55. The first-order valence-electron chi connectivity index (χ1n) is 8.98. The van der Waals surface area contributed by atoms with Crippen LogP contribution in [0.1, 0.15) is 19.4 Å². The Morgan fingerprint density at radius 1 is 1.16 bits per heavy atom. The minimum absolute atomic E-state index is 0.0740. The fraction of sp³-hybridized carbons (Fsp3) is 0.524. The third kappa shape index (κ3) is 7.69. The number of aliphatic hydroxyl groups is 1. The Hall–Kier alpha value is -1.20. The van der Waals surface area contributed by atoms with Crippen LogP contribution in [-0.2, 0) is 16.1 Å². The average molecular weight is 363 g/mol. The summed E-state index contributed by atoms with van der Waals surface area (Å²) in [5.74, 6) is 0.179. The van der Waals surface area contributed by atoms with E-state index in [0.717, 1.165) is 5.56 Å². The summed E-state index contributed by atoms with van der Waals surface area (Å²) < 4.78 is 11.2. The Balaban J connectivity index is 2.52. The zero-order chi connectivity index (χ0) is 18.9. The van der Waals surface area contributed by atoms with Gasteiger partial charge in [-0.2, -0.15) is 0 Å². The highest BCUT2D eigenvalue weighted by Crippen LogP contribution is 2.28. The molecular formula is C21H34O3Si. The van der Waals surface area contributed by atoms with Crippen molar-refractivity contribution >= 4 is 8.07 Å². The summed E-state index contributed by atoms with van der Waals surface area (Å²) in [4.78, 5) is 0. The van der Waals surface area contributed by atoms with Gasteiger partial charge in [-0.05, 0) is 5.56 Å². The SMILES string of the molecule is C=C[C@H](C)[C@H](O)[C@@H](C)/C(=C/COCOCc1ccccc1)[Si](C)(C)C. The fourth-order valence-corrected chi connectivity index (χ4v) is 5.18. The van der Waals surface area contributed by atoms with Crippen molar-refractivity contribution < 1.29 is 14.6 Å². The lowest BCUT2D eigenvalue weighted by molar-refractivity contribution is -0.0521. The molecular weight excluding hydrogens is 328 g/mol. The number of benzene rings is 1. The summed E-state index contributed by atoms with van der Waals surface area (Å²) >= 11 is 0. The van der Waals surface area contributed by atoms with Gasteiger partial charge in [0.05, 0.1) is 27.4 Å². The topological polar surface area (TPSA) is 38.7 Å². The summed E-state index contributed by atoms with van der Waals surface area (Å²) in [6, 6.07) is 10.1. The predicted octanol–water partition coefficient (Wildman–Crippen LogP) is 4.80. The molecule has 0 saturated heterocycles. The zero-order valence-electron chi connectivity index (χ0n) is 16.4. The van der Waals surface area contributed by atoms with Crippen LogP contribution in [0.5, 0.6) is 0 Å². The van der Waals surface area contributed by atoms with E-state index in [4.69, 9.17) is 9.47 Å². The predicted molar refractivity (Wildman–Crippen MR) is 108 cm³/mol. The van der Waals surface area contributed by atoms with Crippen molar-refractivity contribution in [2.45, 2.75) is 46.2 Å². The van der Waals surface area contributed by atoms with E-state index in [1.54, 1.807) is 0 Å². The van der Waals surface area contributed by atoms with Crippen LogP contribution < -0.4 is 0 Å². The van der Waals surface area contributed by atoms with E-state index in [-0.39, 0.29) is 18.6 Å². The van der Waals surface area contributed by atoms with Gasteiger partial charge in [0, 0.05) is 11.8 Å². The standard InChI is InChI=1S/C21H34O3Si/c1-7-17(2)21(22)18(3)20(25(4,5)6)13-14-23-16-24-15-19-11-9-8-10-12-19/h7-13,17-18,21-22H,1,14-16H2,2-6H3/b20-13-/t17-,18-,21-/m0/s1. The number of rotatable bonds is 11. The van der Waals surface area contributed by atoms with E-state index in [2.05, 4.69) is 39.2 Å². The van der Waals surface area contributed by atoms with Crippen molar-refractivity contribution in [2.24, 2.45) is 11.8 Å². The van der Waals surface area contributed by atoms with Gasteiger partial charge < -0.3 is 14.6 Å². The molecule has 25 heavy (non-hydrogen) atoms. The van der Waals surface area contributed by atoms with Crippen molar-refractivity contribution in [1.82, 2.24) is 0 Å². The molecule has 1 aromatic carbocycles. The van der Waals surface area contributed by atoms with Gasteiger partial charge in [-0.15, -0.1) is 6.58 Å². The summed E-state index contributed by atoms with van der Waals surface area (Å²) in [5, 5.41) is 11.9. The highest BCUT2D eigenvalue weighted by molar-refractivity contribution is 6.83. The molecule has 1 aromatic rings. The van der Waals surface area contributed by atoms with Crippen LogP contribution in [0.4, 0.5) is 0 Å². The Bertz CT molecular complexity index is 534. The molecule has 1 rings (SSSR count). The molecule has 3 nitrogen and oxygen atoms in total.